The molecule has 0 saturated heterocycles. The molecule has 2 heteroatoms. The van der Waals surface area contributed by atoms with Gasteiger partial charge < -0.3 is 5.11 Å². The van der Waals surface area contributed by atoms with Crippen LogP contribution in [0.15, 0.2) is 12.3 Å². The summed E-state index contributed by atoms with van der Waals surface area (Å²) in [5.41, 5.74) is 1.91. The molecule has 0 spiro atoms. The Bertz CT molecular complexity index is 86.1. The Morgan fingerprint density at radius 2 is 2.29 bits per heavy atom. The highest BCUT2D eigenvalue weighted by Crippen LogP contribution is 2.33. The van der Waals surface area contributed by atoms with E-state index in [4.69, 9.17) is 5.11 Å². The van der Waals surface area contributed by atoms with Crippen molar-refractivity contribution in [3.05, 3.63) is 12.3 Å². The molecular weight excluding hydrogens is 104 g/mol. The molecule has 0 aromatic heterocycles. The third-order valence-corrected chi connectivity index (χ3v) is 3.11. The van der Waals surface area contributed by atoms with E-state index in [0.717, 1.165) is 12.8 Å². The third-order valence-electron chi connectivity index (χ3n) is 1.35. The van der Waals surface area contributed by atoms with Gasteiger partial charge >= 0.3 is 0 Å². The van der Waals surface area contributed by atoms with Crippen LogP contribution < -0.4 is 0 Å². The highest BCUT2D eigenvalue weighted by atomic mass is 28.2. The maximum atomic E-state index is 9.12. The van der Waals surface area contributed by atoms with E-state index in [0.29, 0.717) is 0 Å². The van der Waals surface area contributed by atoms with Crippen LogP contribution in [0.25, 0.3) is 0 Å². The Kier molecular flexibility index (Phi) is 1.05. The highest BCUT2D eigenvalue weighted by Gasteiger charge is 2.38. The van der Waals surface area contributed by atoms with Crippen LogP contribution in [0.4, 0.5) is 0 Å². The molecule has 0 atom stereocenters. The summed E-state index contributed by atoms with van der Waals surface area (Å²) in [6.07, 6.45) is 2.07. The zero-order valence-corrected chi connectivity index (χ0v) is 5.77. The molecule has 0 aromatic carbocycles. The van der Waals surface area contributed by atoms with E-state index in [9.17, 15) is 0 Å². The second kappa shape index (κ2) is 1.45. The largest absolute Gasteiger partial charge is 0.394 e. The van der Waals surface area contributed by atoms with Crippen molar-refractivity contribution >= 4 is 9.52 Å². The number of hydrogen-bond acceptors (Lipinski definition) is 1. The number of hydrogen-bond donors (Lipinski definition) is 1. The summed E-state index contributed by atoms with van der Waals surface area (Å²) in [5, 5.41) is 8.94. The van der Waals surface area contributed by atoms with Crippen LogP contribution in [0.2, 0.25) is 0 Å². The van der Waals surface area contributed by atoms with Crippen LogP contribution in [-0.4, -0.2) is 19.9 Å². The molecule has 1 N–H and O–H groups in total. The van der Waals surface area contributed by atoms with Gasteiger partial charge in [0.2, 0.25) is 0 Å². The molecule has 0 aromatic rings. The summed E-state index contributed by atoms with van der Waals surface area (Å²) >= 11 is 0. The summed E-state index contributed by atoms with van der Waals surface area (Å²) in [6.45, 7) is 3.59. The predicted octanol–water partition coefficient (Wildman–Crippen LogP) is -0.219. The summed E-state index contributed by atoms with van der Waals surface area (Å²) in [7, 11) is -0.309. The molecule has 1 aliphatic carbocycles. The van der Waals surface area contributed by atoms with Gasteiger partial charge in [-0.15, -0.1) is 12.3 Å². The van der Waals surface area contributed by atoms with Crippen LogP contribution in [-0.2, 0) is 0 Å². The Morgan fingerprint density at radius 3 is 2.43 bits per heavy atom. The van der Waals surface area contributed by atoms with E-state index >= 15 is 0 Å². The second-order valence-corrected chi connectivity index (χ2v) is 4.52. The first-order chi connectivity index (χ1) is 3.27. The molecule has 0 bridgehead atoms. The third kappa shape index (κ3) is 1.14. The summed E-state index contributed by atoms with van der Waals surface area (Å²) in [4.78, 5) is 0. The van der Waals surface area contributed by atoms with Crippen LogP contribution in [0.5, 0.6) is 0 Å². The summed E-state index contributed by atoms with van der Waals surface area (Å²) in [6, 6.07) is 0. The van der Waals surface area contributed by atoms with Gasteiger partial charge in [0.25, 0.3) is 0 Å². The maximum absolute atomic E-state index is 9.12. The maximum Gasteiger partial charge on any atom is 0.0823 e. The summed E-state index contributed by atoms with van der Waals surface area (Å²) < 4.78 is 0. The first kappa shape index (κ1) is 5.06. The van der Waals surface area contributed by atoms with Gasteiger partial charge in [0.1, 0.15) is 0 Å². The molecule has 1 fully saturated rings. The van der Waals surface area contributed by atoms with Crippen molar-refractivity contribution in [2.75, 3.05) is 0 Å². The molecule has 0 unspecified atom stereocenters. The van der Waals surface area contributed by atoms with Crippen LogP contribution in [0.1, 0.15) is 12.8 Å². The average molecular weight is 114 g/mol. The zero-order chi connectivity index (χ0) is 5.33. The molecule has 1 nitrogen and oxygen atoms in total. The van der Waals surface area contributed by atoms with Gasteiger partial charge in [0.15, 0.2) is 0 Å². The fraction of sp³-hybridized carbons (Fsp3) is 0.600. The quantitative estimate of drug-likeness (QED) is 0.492. The van der Waals surface area contributed by atoms with Gasteiger partial charge in [0, 0.05) is 0 Å². The molecule has 0 aliphatic heterocycles. The molecule has 0 radical (unpaired) electrons. The van der Waals surface area contributed by atoms with Crippen molar-refractivity contribution in [2.45, 2.75) is 18.1 Å². The zero-order valence-electron chi connectivity index (χ0n) is 4.35. The minimum atomic E-state index is -0.309. The fourth-order valence-corrected chi connectivity index (χ4v) is 1.74. The van der Waals surface area contributed by atoms with Gasteiger partial charge in [-0.05, 0) is 12.8 Å². The molecule has 1 saturated carbocycles. The monoisotopic (exact) mass is 114 g/mol. The Balaban J connectivity index is 2.25. The van der Waals surface area contributed by atoms with Crippen molar-refractivity contribution in [1.82, 2.24) is 0 Å². The normalized spacial score (nSPS) is 25.9. The Hall–Kier alpha value is -0.0831. The van der Waals surface area contributed by atoms with Crippen LogP contribution >= 0.6 is 0 Å². The SMILES string of the molecule is C=C[SiH2]C1(O)CC1. The van der Waals surface area contributed by atoms with E-state index in [1.54, 1.807) is 0 Å². The molecular formula is C5H10OSi. The van der Waals surface area contributed by atoms with E-state index < -0.39 is 0 Å². The first-order valence-corrected chi connectivity index (χ1v) is 4.12. The second-order valence-electron chi connectivity index (χ2n) is 2.22. The standard InChI is InChI=1S/C5H10OSi/c1-2-7-5(6)3-4-5/h2,6H,1,3-4,7H2. The van der Waals surface area contributed by atoms with Gasteiger partial charge in [-0.1, -0.05) is 0 Å². The molecule has 1 rings (SSSR count). The van der Waals surface area contributed by atoms with Gasteiger partial charge in [-0.2, -0.15) is 0 Å². The fourth-order valence-electron chi connectivity index (χ4n) is 0.617. The summed E-state index contributed by atoms with van der Waals surface area (Å²) in [5.74, 6) is 0. The smallest absolute Gasteiger partial charge is 0.0823 e. The minimum Gasteiger partial charge on any atom is -0.394 e. The van der Waals surface area contributed by atoms with Gasteiger partial charge in [0.05, 0.1) is 14.7 Å². The lowest BCUT2D eigenvalue weighted by atomic mass is 10.8. The molecule has 1 aliphatic rings. The van der Waals surface area contributed by atoms with E-state index in [1.165, 1.54) is 0 Å². The Labute approximate surface area is 45.9 Å². The lowest BCUT2D eigenvalue weighted by molar-refractivity contribution is 0.234. The molecule has 40 valence electrons. The highest BCUT2D eigenvalue weighted by molar-refractivity contribution is 6.46. The number of rotatable bonds is 2. The van der Waals surface area contributed by atoms with E-state index in [-0.39, 0.29) is 14.7 Å². The van der Waals surface area contributed by atoms with Gasteiger partial charge in [-0.3, -0.25) is 0 Å². The van der Waals surface area contributed by atoms with E-state index in [1.807, 2.05) is 5.70 Å². The first-order valence-electron chi connectivity index (χ1n) is 2.60. The number of aliphatic hydroxyl groups is 1. The molecule has 7 heavy (non-hydrogen) atoms. The molecule has 0 amide bonds. The van der Waals surface area contributed by atoms with Crippen LogP contribution in [0.3, 0.4) is 0 Å². The van der Waals surface area contributed by atoms with Crippen molar-refractivity contribution in [3.8, 4) is 0 Å². The van der Waals surface area contributed by atoms with Crippen molar-refractivity contribution < 1.29 is 5.11 Å². The predicted molar refractivity (Wildman–Crippen MR) is 32.9 cm³/mol. The molecule has 0 heterocycles. The minimum absolute atomic E-state index is 0.179. The lowest BCUT2D eigenvalue weighted by Crippen LogP contribution is -2.14. The van der Waals surface area contributed by atoms with Crippen molar-refractivity contribution in [3.63, 3.8) is 0 Å². The average Bonchev–Trinajstić information content (AvgIpc) is 2.22. The van der Waals surface area contributed by atoms with Crippen LogP contribution in [0, 0.1) is 0 Å². The Morgan fingerprint density at radius 1 is 1.71 bits per heavy atom. The topological polar surface area (TPSA) is 20.2 Å². The van der Waals surface area contributed by atoms with Gasteiger partial charge in [-0.25, -0.2) is 0 Å². The van der Waals surface area contributed by atoms with Crippen molar-refractivity contribution in [2.24, 2.45) is 0 Å². The van der Waals surface area contributed by atoms with E-state index in [2.05, 4.69) is 6.58 Å². The lowest BCUT2D eigenvalue weighted by Gasteiger charge is -1.97. The van der Waals surface area contributed by atoms with Crippen molar-refractivity contribution in [1.29, 1.82) is 0 Å².